The van der Waals surface area contributed by atoms with Gasteiger partial charge in [0.25, 0.3) is 0 Å². The third-order valence-corrected chi connectivity index (χ3v) is 5.09. The van der Waals surface area contributed by atoms with Gasteiger partial charge in [0.15, 0.2) is 0 Å². The van der Waals surface area contributed by atoms with E-state index in [1.807, 2.05) is 54.6 Å². The number of para-hydroxylation sites is 3. The summed E-state index contributed by atoms with van der Waals surface area (Å²) in [4.78, 5) is 28.7. The number of aryl methyl sites for hydroxylation is 1. The first kappa shape index (κ1) is 20.3. The zero-order chi connectivity index (χ0) is 21.6. The van der Waals surface area contributed by atoms with Gasteiger partial charge in [-0.3, -0.25) is 9.36 Å². The number of amides is 1. The molecule has 0 atom stereocenters. The largest absolute Gasteiger partial charge is 0.465 e. The minimum Gasteiger partial charge on any atom is -0.465 e. The van der Waals surface area contributed by atoms with Crippen LogP contribution in [-0.2, 0) is 22.5 Å². The lowest BCUT2D eigenvalue weighted by molar-refractivity contribution is -0.121. The van der Waals surface area contributed by atoms with E-state index in [-0.39, 0.29) is 11.9 Å². The summed E-state index contributed by atoms with van der Waals surface area (Å²) in [6.07, 6.45) is 0.854. The zero-order valence-corrected chi connectivity index (χ0v) is 17.2. The number of nitrogens with zero attached hydrogens (tertiary/aromatic N) is 2. The van der Waals surface area contributed by atoms with Crippen molar-refractivity contribution in [2.75, 3.05) is 7.11 Å². The number of nitrogens with one attached hydrogen (secondary N) is 1. The molecular weight excluding hydrogens is 390 g/mol. The monoisotopic (exact) mass is 413 g/mol. The minimum absolute atomic E-state index is 0.0521. The third kappa shape index (κ3) is 4.64. The van der Waals surface area contributed by atoms with Crippen molar-refractivity contribution in [2.45, 2.75) is 19.4 Å². The molecule has 6 heteroatoms. The second kappa shape index (κ2) is 9.26. The molecule has 0 spiro atoms. The van der Waals surface area contributed by atoms with Crippen LogP contribution in [0.25, 0.3) is 16.7 Å². The van der Waals surface area contributed by atoms with Gasteiger partial charge in [0.2, 0.25) is 5.91 Å². The number of imidazole rings is 1. The maximum Gasteiger partial charge on any atom is 0.337 e. The number of carbonyl (C=O) groups excluding carboxylic acids is 2. The van der Waals surface area contributed by atoms with Crippen LogP contribution in [0.3, 0.4) is 0 Å². The fourth-order valence-corrected chi connectivity index (χ4v) is 3.50. The predicted octanol–water partition coefficient (Wildman–Crippen LogP) is 4.06. The summed E-state index contributed by atoms with van der Waals surface area (Å²) in [6.45, 7) is 0.398. The fourth-order valence-electron chi connectivity index (χ4n) is 3.50. The van der Waals surface area contributed by atoms with Gasteiger partial charge in [0.1, 0.15) is 5.82 Å². The molecular formula is C25H23N3O3. The van der Waals surface area contributed by atoms with E-state index in [4.69, 9.17) is 9.72 Å². The number of ether oxygens (including phenoxy) is 1. The highest BCUT2D eigenvalue weighted by atomic mass is 16.5. The number of hydrogen-bond acceptors (Lipinski definition) is 4. The van der Waals surface area contributed by atoms with Crippen LogP contribution in [0.2, 0.25) is 0 Å². The molecule has 0 aliphatic rings. The number of methoxy groups -OCH3 is 1. The molecule has 0 bridgehead atoms. The van der Waals surface area contributed by atoms with Crippen molar-refractivity contribution < 1.29 is 14.3 Å². The maximum absolute atomic E-state index is 12.5. The standard InChI is InChI=1S/C25H23N3O3/c1-31-25(30)19-13-11-18(12-14-19)17-26-24(29)16-15-23-27-21-9-5-6-10-22(21)28(23)20-7-3-2-4-8-20/h2-14H,15-17H2,1H3,(H,26,29). The van der Waals surface area contributed by atoms with Crippen LogP contribution in [0.1, 0.15) is 28.2 Å². The number of carbonyl (C=O) groups is 2. The van der Waals surface area contributed by atoms with E-state index in [1.165, 1.54) is 7.11 Å². The van der Waals surface area contributed by atoms with Gasteiger partial charge >= 0.3 is 5.97 Å². The van der Waals surface area contributed by atoms with E-state index in [9.17, 15) is 9.59 Å². The molecule has 1 amide bonds. The highest BCUT2D eigenvalue weighted by Crippen LogP contribution is 2.22. The summed E-state index contributed by atoms with van der Waals surface area (Å²) in [5.74, 6) is 0.422. The molecule has 4 aromatic rings. The van der Waals surface area contributed by atoms with Crippen molar-refractivity contribution >= 4 is 22.9 Å². The molecule has 0 aliphatic carbocycles. The molecule has 1 N–H and O–H groups in total. The summed E-state index contributed by atoms with van der Waals surface area (Å²) < 4.78 is 6.80. The fraction of sp³-hybridized carbons (Fsp3) is 0.160. The van der Waals surface area contributed by atoms with E-state index in [0.29, 0.717) is 24.9 Å². The maximum atomic E-state index is 12.5. The molecule has 1 aromatic heterocycles. The van der Waals surface area contributed by atoms with E-state index in [1.54, 1.807) is 24.3 Å². The highest BCUT2D eigenvalue weighted by molar-refractivity contribution is 5.89. The number of aromatic nitrogens is 2. The quantitative estimate of drug-likeness (QED) is 0.464. The van der Waals surface area contributed by atoms with Gasteiger partial charge in [0.05, 0.1) is 23.7 Å². The van der Waals surface area contributed by atoms with E-state index in [2.05, 4.69) is 9.88 Å². The Hall–Kier alpha value is -3.93. The predicted molar refractivity (Wildman–Crippen MR) is 119 cm³/mol. The Balaban J connectivity index is 1.42. The molecule has 0 saturated carbocycles. The number of rotatable bonds is 7. The van der Waals surface area contributed by atoms with Crippen LogP contribution in [0.4, 0.5) is 0 Å². The minimum atomic E-state index is -0.378. The summed E-state index contributed by atoms with van der Waals surface area (Å²) in [5.41, 5.74) is 4.36. The zero-order valence-electron chi connectivity index (χ0n) is 17.2. The van der Waals surface area contributed by atoms with Crippen molar-refractivity contribution in [3.8, 4) is 5.69 Å². The molecule has 0 unspecified atom stereocenters. The van der Waals surface area contributed by atoms with Crippen molar-refractivity contribution in [3.05, 3.63) is 95.8 Å². The lowest BCUT2D eigenvalue weighted by Gasteiger charge is -2.10. The second-order valence-corrected chi connectivity index (χ2v) is 7.15. The van der Waals surface area contributed by atoms with E-state index < -0.39 is 0 Å². The lowest BCUT2D eigenvalue weighted by atomic mass is 10.1. The highest BCUT2D eigenvalue weighted by Gasteiger charge is 2.13. The Morgan fingerprint density at radius 1 is 0.935 bits per heavy atom. The van der Waals surface area contributed by atoms with Crippen LogP contribution in [0.15, 0.2) is 78.9 Å². The third-order valence-electron chi connectivity index (χ3n) is 5.09. The first-order chi connectivity index (χ1) is 15.2. The Bertz CT molecular complexity index is 1200. The van der Waals surface area contributed by atoms with Gasteiger partial charge in [-0.2, -0.15) is 0 Å². The van der Waals surface area contributed by atoms with E-state index >= 15 is 0 Å². The number of esters is 1. The van der Waals surface area contributed by atoms with Gasteiger partial charge in [-0.1, -0.05) is 42.5 Å². The van der Waals surface area contributed by atoms with Crippen LogP contribution >= 0.6 is 0 Å². The molecule has 0 saturated heterocycles. The number of benzene rings is 3. The van der Waals surface area contributed by atoms with Crippen LogP contribution in [-0.4, -0.2) is 28.5 Å². The normalized spacial score (nSPS) is 10.7. The molecule has 3 aromatic carbocycles. The molecule has 6 nitrogen and oxygen atoms in total. The van der Waals surface area contributed by atoms with Crippen LogP contribution in [0, 0.1) is 0 Å². The van der Waals surface area contributed by atoms with Gasteiger partial charge in [-0.15, -0.1) is 0 Å². The Labute approximate surface area is 180 Å². The Morgan fingerprint density at radius 3 is 2.39 bits per heavy atom. The van der Waals surface area contributed by atoms with Crippen LogP contribution in [0.5, 0.6) is 0 Å². The average molecular weight is 413 g/mol. The first-order valence-corrected chi connectivity index (χ1v) is 10.1. The average Bonchev–Trinajstić information content (AvgIpc) is 3.20. The SMILES string of the molecule is COC(=O)c1ccc(CNC(=O)CCc2nc3ccccc3n2-c2ccccc2)cc1. The number of fused-ring (bicyclic) bond motifs is 1. The first-order valence-electron chi connectivity index (χ1n) is 10.1. The molecule has 0 aliphatic heterocycles. The summed E-state index contributed by atoms with van der Waals surface area (Å²) in [7, 11) is 1.35. The Kier molecular flexibility index (Phi) is 6.08. The van der Waals surface area contributed by atoms with Crippen molar-refractivity contribution in [1.29, 1.82) is 0 Å². The summed E-state index contributed by atoms with van der Waals surface area (Å²) in [5, 5.41) is 2.93. The molecule has 0 fully saturated rings. The van der Waals surface area contributed by atoms with E-state index in [0.717, 1.165) is 28.1 Å². The molecule has 1 heterocycles. The summed E-state index contributed by atoms with van der Waals surface area (Å²) in [6, 6.07) is 25.0. The lowest BCUT2D eigenvalue weighted by Crippen LogP contribution is -2.23. The smallest absolute Gasteiger partial charge is 0.337 e. The van der Waals surface area contributed by atoms with Crippen molar-refractivity contribution in [2.24, 2.45) is 0 Å². The molecule has 0 radical (unpaired) electrons. The van der Waals surface area contributed by atoms with Crippen LogP contribution < -0.4 is 5.32 Å². The molecule has 4 rings (SSSR count). The van der Waals surface area contributed by atoms with Gasteiger partial charge < -0.3 is 10.1 Å². The van der Waals surface area contributed by atoms with Gasteiger partial charge in [0, 0.05) is 25.1 Å². The Morgan fingerprint density at radius 2 is 1.65 bits per heavy atom. The molecule has 31 heavy (non-hydrogen) atoms. The van der Waals surface area contributed by atoms with Crippen molar-refractivity contribution in [3.63, 3.8) is 0 Å². The molecule has 156 valence electrons. The topological polar surface area (TPSA) is 73.2 Å². The number of hydrogen-bond donors (Lipinski definition) is 1. The van der Waals surface area contributed by atoms with Gasteiger partial charge in [-0.05, 0) is 42.0 Å². The van der Waals surface area contributed by atoms with Crippen molar-refractivity contribution in [1.82, 2.24) is 14.9 Å². The van der Waals surface area contributed by atoms with Gasteiger partial charge in [-0.25, -0.2) is 9.78 Å². The second-order valence-electron chi connectivity index (χ2n) is 7.15. The summed E-state index contributed by atoms with van der Waals surface area (Å²) >= 11 is 0.